The molecule has 1 N–H and O–H groups in total. The highest BCUT2D eigenvalue weighted by atomic mass is 35.5. The number of benzene rings is 2. The fraction of sp³-hybridized carbons (Fsp3) is 0.333. The highest BCUT2D eigenvalue weighted by Gasteiger charge is 2.46. The second-order valence-electron chi connectivity index (χ2n) is 7.30. The molecule has 164 valence electrons. The van der Waals surface area contributed by atoms with Crippen LogP contribution >= 0.6 is 11.6 Å². The van der Waals surface area contributed by atoms with Gasteiger partial charge in [-0.15, -0.1) is 0 Å². The number of methoxy groups -OCH3 is 1. The Labute approximate surface area is 187 Å². The molecule has 0 aromatic heterocycles. The molecule has 2 aromatic carbocycles. The van der Waals surface area contributed by atoms with Crippen LogP contribution in [0.1, 0.15) is 31.0 Å². The van der Waals surface area contributed by atoms with Crippen molar-refractivity contribution in [1.29, 1.82) is 0 Å². The summed E-state index contributed by atoms with van der Waals surface area (Å²) in [6.45, 7) is 6.78. The Morgan fingerprint density at radius 3 is 2.42 bits per heavy atom. The van der Waals surface area contributed by atoms with Crippen LogP contribution in [0.2, 0.25) is 5.02 Å². The van der Waals surface area contributed by atoms with Gasteiger partial charge in [-0.3, -0.25) is 9.59 Å². The van der Waals surface area contributed by atoms with Crippen molar-refractivity contribution >= 4 is 29.1 Å². The number of likely N-dealkylation sites (tertiary alicyclic amines) is 1. The minimum absolute atomic E-state index is 0.0696. The number of hydrogen-bond donors (Lipinski definition) is 1. The Bertz CT molecular complexity index is 983. The molecule has 0 unspecified atom stereocenters. The smallest absolute Gasteiger partial charge is 0.295 e. The van der Waals surface area contributed by atoms with Gasteiger partial charge in [-0.25, -0.2) is 0 Å². The van der Waals surface area contributed by atoms with Gasteiger partial charge >= 0.3 is 0 Å². The monoisotopic (exact) mass is 442 g/mol. The third-order valence-corrected chi connectivity index (χ3v) is 5.87. The van der Waals surface area contributed by atoms with Crippen LogP contribution in [0.3, 0.4) is 0 Å². The van der Waals surface area contributed by atoms with Crippen molar-refractivity contribution < 1.29 is 19.4 Å². The zero-order valence-electron chi connectivity index (χ0n) is 18.0. The lowest BCUT2D eigenvalue weighted by Gasteiger charge is -2.28. The Morgan fingerprint density at radius 2 is 1.81 bits per heavy atom. The molecule has 1 aliphatic rings. The molecule has 7 heteroatoms. The third-order valence-electron chi connectivity index (χ3n) is 5.62. The number of Topliss-reactive ketones (excluding diaryl/α,β-unsaturated/α-hetero) is 1. The SMILES string of the molecule is CCN(CC)CCN1C(=O)C(=O)C(=C(O)c2ccc(Cl)cc2)[C@H]1c1cccc(OC)c1. The molecule has 1 aliphatic heterocycles. The van der Waals surface area contributed by atoms with E-state index in [1.165, 1.54) is 4.90 Å². The van der Waals surface area contributed by atoms with E-state index in [-0.39, 0.29) is 11.3 Å². The summed E-state index contributed by atoms with van der Waals surface area (Å²) < 4.78 is 5.34. The van der Waals surface area contributed by atoms with Gasteiger partial charge in [0.15, 0.2) is 0 Å². The maximum atomic E-state index is 13.0. The van der Waals surface area contributed by atoms with Crippen molar-refractivity contribution in [2.24, 2.45) is 0 Å². The molecular formula is C24H27ClN2O4. The van der Waals surface area contributed by atoms with Gasteiger partial charge in [0, 0.05) is 23.7 Å². The summed E-state index contributed by atoms with van der Waals surface area (Å²) in [4.78, 5) is 29.8. The van der Waals surface area contributed by atoms with E-state index in [1.807, 2.05) is 6.07 Å². The van der Waals surface area contributed by atoms with Crippen LogP contribution in [0.5, 0.6) is 5.75 Å². The van der Waals surface area contributed by atoms with Gasteiger partial charge < -0.3 is 19.6 Å². The molecule has 1 amide bonds. The molecule has 2 aromatic rings. The topological polar surface area (TPSA) is 70.1 Å². The normalized spacial score (nSPS) is 18.1. The second-order valence-corrected chi connectivity index (χ2v) is 7.74. The largest absolute Gasteiger partial charge is 0.507 e. The van der Waals surface area contributed by atoms with Crippen molar-refractivity contribution in [1.82, 2.24) is 9.80 Å². The van der Waals surface area contributed by atoms with Crippen molar-refractivity contribution in [2.75, 3.05) is 33.3 Å². The number of rotatable bonds is 8. The maximum absolute atomic E-state index is 13.0. The van der Waals surface area contributed by atoms with E-state index in [0.717, 1.165) is 13.1 Å². The highest BCUT2D eigenvalue weighted by Crippen LogP contribution is 2.40. The quantitative estimate of drug-likeness (QED) is 0.378. The van der Waals surface area contributed by atoms with E-state index in [9.17, 15) is 14.7 Å². The first-order valence-corrected chi connectivity index (χ1v) is 10.7. The molecule has 6 nitrogen and oxygen atoms in total. The van der Waals surface area contributed by atoms with Gasteiger partial charge in [0.25, 0.3) is 11.7 Å². The van der Waals surface area contributed by atoms with E-state index in [1.54, 1.807) is 49.6 Å². The minimum atomic E-state index is -0.707. The fourth-order valence-electron chi connectivity index (χ4n) is 3.82. The summed E-state index contributed by atoms with van der Waals surface area (Å²) in [5, 5.41) is 11.6. The minimum Gasteiger partial charge on any atom is -0.507 e. The summed E-state index contributed by atoms with van der Waals surface area (Å²) in [6, 6.07) is 13.0. The molecule has 0 radical (unpaired) electrons. The summed E-state index contributed by atoms with van der Waals surface area (Å²) in [7, 11) is 1.56. The predicted molar refractivity (Wildman–Crippen MR) is 121 cm³/mol. The number of aliphatic hydroxyl groups is 1. The number of nitrogens with zero attached hydrogens (tertiary/aromatic N) is 2. The highest BCUT2D eigenvalue weighted by molar-refractivity contribution is 6.46. The number of amides is 1. The molecule has 1 fully saturated rings. The van der Waals surface area contributed by atoms with Crippen molar-refractivity contribution in [3.8, 4) is 5.75 Å². The first-order valence-electron chi connectivity index (χ1n) is 10.3. The number of carbonyl (C=O) groups is 2. The van der Waals surface area contributed by atoms with Crippen molar-refractivity contribution in [3.05, 3.63) is 70.3 Å². The number of hydrogen-bond acceptors (Lipinski definition) is 5. The standard InChI is InChI=1S/C24H27ClN2O4/c1-4-26(5-2)13-14-27-21(17-7-6-8-19(15-17)31-3)20(23(29)24(27)30)22(28)16-9-11-18(25)12-10-16/h6-12,15,21,28H,4-5,13-14H2,1-3H3/t21-/m1/s1. The van der Waals surface area contributed by atoms with E-state index >= 15 is 0 Å². The lowest BCUT2D eigenvalue weighted by Crippen LogP contribution is -2.38. The van der Waals surface area contributed by atoms with Gasteiger partial charge in [0.1, 0.15) is 11.5 Å². The summed E-state index contributed by atoms with van der Waals surface area (Å²) in [6.07, 6.45) is 0. The van der Waals surface area contributed by atoms with Crippen molar-refractivity contribution in [3.63, 3.8) is 0 Å². The number of carbonyl (C=O) groups excluding carboxylic acids is 2. The molecule has 0 bridgehead atoms. The molecule has 3 rings (SSSR count). The summed E-state index contributed by atoms with van der Waals surface area (Å²) in [5.74, 6) is -0.915. The van der Waals surface area contributed by atoms with Crippen LogP contribution in [0, 0.1) is 0 Å². The van der Waals surface area contributed by atoms with Gasteiger partial charge in [-0.2, -0.15) is 0 Å². The molecule has 31 heavy (non-hydrogen) atoms. The molecular weight excluding hydrogens is 416 g/mol. The summed E-state index contributed by atoms with van der Waals surface area (Å²) >= 11 is 5.96. The molecule has 1 saturated heterocycles. The summed E-state index contributed by atoms with van der Waals surface area (Å²) in [5.41, 5.74) is 1.20. The molecule has 0 saturated carbocycles. The van der Waals surface area contributed by atoms with E-state index in [0.29, 0.717) is 35.0 Å². The molecule has 0 aliphatic carbocycles. The van der Waals surface area contributed by atoms with Crippen LogP contribution in [-0.4, -0.2) is 59.9 Å². The zero-order valence-corrected chi connectivity index (χ0v) is 18.7. The first-order chi connectivity index (χ1) is 14.9. The lowest BCUT2D eigenvalue weighted by atomic mass is 9.95. The maximum Gasteiger partial charge on any atom is 0.295 e. The Balaban J connectivity index is 2.11. The van der Waals surface area contributed by atoms with Crippen LogP contribution < -0.4 is 4.74 Å². The molecule has 1 atom stereocenters. The average Bonchev–Trinajstić information content (AvgIpc) is 3.04. The second kappa shape index (κ2) is 9.98. The Hall–Kier alpha value is -2.83. The van der Waals surface area contributed by atoms with Crippen LogP contribution in [-0.2, 0) is 9.59 Å². The average molecular weight is 443 g/mol. The fourth-order valence-corrected chi connectivity index (χ4v) is 3.95. The Kier molecular flexibility index (Phi) is 7.36. The van der Waals surface area contributed by atoms with E-state index in [4.69, 9.17) is 16.3 Å². The van der Waals surface area contributed by atoms with Crippen molar-refractivity contribution in [2.45, 2.75) is 19.9 Å². The van der Waals surface area contributed by atoms with Gasteiger partial charge in [-0.1, -0.05) is 37.6 Å². The Morgan fingerprint density at radius 1 is 1.13 bits per heavy atom. The lowest BCUT2D eigenvalue weighted by molar-refractivity contribution is -0.140. The first kappa shape index (κ1) is 22.8. The molecule has 1 heterocycles. The van der Waals surface area contributed by atoms with Gasteiger partial charge in [0.2, 0.25) is 0 Å². The van der Waals surface area contributed by atoms with Gasteiger partial charge in [-0.05, 0) is 55.1 Å². The molecule has 0 spiro atoms. The van der Waals surface area contributed by atoms with E-state index < -0.39 is 17.7 Å². The number of aliphatic hydroxyl groups excluding tert-OH is 1. The third kappa shape index (κ3) is 4.75. The van der Waals surface area contributed by atoms with E-state index in [2.05, 4.69) is 18.7 Å². The number of halogens is 1. The van der Waals surface area contributed by atoms with Crippen LogP contribution in [0.15, 0.2) is 54.1 Å². The number of ketones is 1. The number of likely N-dealkylation sites (N-methyl/N-ethyl adjacent to an activating group) is 1. The van der Waals surface area contributed by atoms with Crippen LogP contribution in [0.25, 0.3) is 5.76 Å². The van der Waals surface area contributed by atoms with Crippen LogP contribution in [0.4, 0.5) is 0 Å². The number of ether oxygens (including phenoxy) is 1. The van der Waals surface area contributed by atoms with Gasteiger partial charge in [0.05, 0.1) is 18.7 Å². The zero-order chi connectivity index (χ0) is 22.5. The predicted octanol–water partition coefficient (Wildman–Crippen LogP) is 4.11.